The van der Waals surface area contributed by atoms with Crippen LogP contribution in [0.15, 0.2) is 47.3 Å². The summed E-state index contributed by atoms with van der Waals surface area (Å²) in [4.78, 5) is 14.4. The van der Waals surface area contributed by atoms with Gasteiger partial charge >= 0.3 is 0 Å². The fourth-order valence-corrected chi connectivity index (χ4v) is 4.01. The Labute approximate surface area is 129 Å². The number of hydrogen-bond donors (Lipinski definition) is 1. The molecular weight excluding hydrogens is 276 g/mol. The lowest BCUT2D eigenvalue weighted by Crippen LogP contribution is -2.46. The highest BCUT2D eigenvalue weighted by Gasteiger charge is 2.34. The topological polar surface area (TPSA) is 45.5 Å². The molecule has 4 nitrogen and oxygen atoms in total. The van der Waals surface area contributed by atoms with Gasteiger partial charge in [0.15, 0.2) is 0 Å². The molecule has 1 aromatic carbocycles. The Hall–Kier alpha value is -2.07. The van der Waals surface area contributed by atoms with Gasteiger partial charge in [0.05, 0.1) is 0 Å². The molecule has 0 unspecified atom stereocenters. The number of aromatic hydroxyl groups is 1. The van der Waals surface area contributed by atoms with Crippen LogP contribution in [0.25, 0.3) is 0 Å². The Kier molecular flexibility index (Phi) is 3.26. The van der Waals surface area contributed by atoms with Crippen molar-refractivity contribution in [3.63, 3.8) is 0 Å². The number of piperidine rings is 1. The van der Waals surface area contributed by atoms with Gasteiger partial charge in [0.2, 0.25) is 0 Å². The van der Waals surface area contributed by atoms with Crippen molar-refractivity contribution in [1.29, 1.82) is 0 Å². The lowest BCUT2D eigenvalue weighted by molar-refractivity contribution is 0.113. The highest BCUT2D eigenvalue weighted by atomic mass is 16.3. The third-order valence-electron chi connectivity index (χ3n) is 4.94. The van der Waals surface area contributed by atoms with Gasteiger partial charge in [-0.05, 0) is 24.5 Å². The number of hydrogen-bond acceptors (Lipinski definition) is 3. The zero-order chi connectivity index (χ0) is 15.1. The zero-order valence-corrected chi connectivity index (χ0v) is 12.5. The highest BCUT2D eigenvalue weighted by molar-refractivity contribution is 5.31. The summed E-state index contributed by atoms with van der Waals surface area (Å²) in [5.74, 6) is 1.32. The number of rotatable bonds is 2. The average molecular weight is 296 g/mol. The standard InChI is InChI=1S/C18H20N2O2/c21-17-6-2-1-4-14(17)11-19-9-13-8-15(12-19)16-5-3-7-18(22)20(16)10-13/h1-7,13,15,21H,8-12H2/t13-,15-/m0/s1. The molecule has 2 aromatic rings. The van der Waals surface area contributed by atoms with Gasteiger partial charge in [-0.1, -0.05) is 24.3 Å². The van der Waals surface area contributed by atoms with Gasteiger partial charge < -0.3 is 9.67 Å². The molecule has 2 atom stereocenters. The number of likely N-dealkylation sites (tertiary alicyclic amines) is 1. The fourth-order valence-electron chi connectivity index (χ4n) is 4.01. The van der Waals surface area contributed by atoms with E-state index in [0.717, 1.165) is 31.7 Å². The van der Waals surface area contributed by atoms with Crippen molar-refractivity contribution >= 4 is 0 Å². The summed E-state index contributed by atoms with van der Waals surface area (Å²) in [5, 5.41) is 9.97. The predicted octanol–water partition coefficient (Wildman–Crippen LogP) is 2.17. The van der Waals surface area contributed by atoms with Crippen LogP contribution in [0.3, 0.4) is 0 Å². The summed E-state index contributed by atoms with van der Waals surface area (Å²) in [6.07, 6.45) is 1.17. The van der Waals surface area contributed by atoms with Gasteiger partial charge in [0, 0.05) is 49.4 Å². The number of para-hydroxylation sites is 1. The van der Waals surface area contributed by atoms with Gasteiger partial charge in [0.25, 0.3) is 5.56 Å². The van der Waals surface area contributed by atoms with Crippen molar-refractivity contribution in [3.05, 3.63) is 64.1 Å². The van der Waals surface area contributed by atoms with Gasteiger partial charge in [0.1, 0.15) is 5.75 Å². The third kappa shape index (κ3) is 2.33. The molecule has 2 aliphatic heterocycles. The summed E-state index contributed by atoms with van der Waals surface area (Å²) >= 11 is 0. The summed E-state index contributed by atoms with van der Waals surface area (Å²) in [5.41, 5.74) is 2.28. The Balaban J connectivity index is 1.59. The molecule has 0 amide bonds. The van der Waals surface area contributed by atoms with Crippen molar-refractivity contribution in [2.24, 2.45) is 5.92 Å². The molecule has 4 heteroatoms. The second-order valence-electron chi connectivity index (χ2n) is 6.52. The summed E-state index contributed by atoms with van der Waals surface area (Å²) in [6, 6.07) is 13.2. The van der Waals surface area contributed by atoms with Crippen LogP contribution >= 0.6 is 0 Å². The second kappa shape index (κ2) is 5.29. The predicted molar refractivity (Wildman–Crippen MR) is 84.9 cm³/mol. The van der Waals surface area contributed by atoms with E-state index in [2.05, 4.69) is 11.0 Å². The monoisotopic (exact) mass is 296 g/mol. The number of phenols is 1. The van der Waals surface area contributed by atoms with E-state index in [-0.39, 0.29) is 5.56 Å². The van der Waals surface area contributed by atoms with E-state index in [4.69, 9.17) is 0 Å². The SMILES string of the molecule is O=c1cccc2n1C[C@H]1C[C@H]2CN(Cc2ccccc2O)C1. The fraction of sp³-hybridized carbons (Fsp3) is 0.389. The maximum Gasteiger partial charge on any atom is 0.250 e. The van der Waals surface area contributed by atoms with E-state index in [0.29, 0.717) is 17.6 Å². The third-order valence-corrected chi connectivity index (χ3v) is 4.94. The lowest BCUT2D eigenvalue weighted by Gasteiger charge is -2.42. The molecule has 3 heterocycles. The van der Waals surface area contributed by atoms with Crippen LogP contribution < -0.4 is 5.56 Å². The molecular formula is C18H20N2O2. The van der Waals surface area contributed by atoms with Gasteiger partial charge in [-0.2, -0.15) is 0 Å². The first kappa shape index (κ1) is 13.6. The molecule has 114 valence electrons. The molecule has 4 rings (SSSR count). The van der Waals surface area contributed by atoms with Gasteiger partial charge in [-0.15, -0.1) is 0 Å². The Bertz CT molecular complexity index is 753. The van der Waals surface area contributed by atoms with E-state index in [1.807, 2.05) is 28.8 Å². The largest absolute Gasteiger partial charge is 0.508 e. The number of pyridine rings is 1. The minimum Gasteiger partial charge on any atom is -0.508 e. The molecule has 0 saturated carbocycles. The van der Waals surface area contributed by atoms with Crippen LogP contribution in [0, 0.1) is 5.92 Å². The molecule has 1 aromatic heterocycles. The minimum atomic E-state index is 0.126. The molecule has 1 fully saturated rings. The molecule has 2 aliphatic rings. The first-order chi connectivity index (χ1) is 10.7. The lowest BCUT2D eigenvalue weighted by atomic mass is 9.83. The molecule has 22 heavy (non-hydrogen) atoms. The Morgan fingerprint density at radius 2 is 1.91 bits per heavy atom. The van der Waals surface area contributed by atoms with Crippen molar-refractivity contribution < 1.29 is 5.11 Å². The minimum absolute atomic E-state index is 0.126. The molecule has 1 saturated heterocycles. The maximum absolute atomic E-state index is 12.0. The summed E-state index contributed by atoms with van der Waals surface area (Å²) in [7, 11) is 0. The zero-order valence-electron chi connectivity index (χ0n) is 12.5. The van der Waals surface area contributed by atoms with Crippen LogP contribution in [-0.2, 0) is 13.1 Å². The van der Waals surface area contributed by atoms with Crippen LogP contribution in [0.1, 0.15) is 23.6 Å². The molecule has 1 N–H and O–H groups in total. The summed E-state index contributed by atoms with van der Waals surface area (Å²) < 4.78 is 1.95. The molecule has 0 radical (unpaired) electrons. The Morgan fingerprint density at radius 1 is 1.05 bits per heavy atom. The van der Waals surface area contributed by atoms with Crippen LogP contribution in [0.4, 0.5) is 0 Å². The number of aromatic nitrogens is 1. The first-order valence-corrected chi connectivity index (χ1v) is 7.89. The van der Waals surface area contributed by atoms with Crippen molar-refractivity contribution in [3.8, 4) is 5.75 Å². The highest BCUT2D eigenvalue weighted by Crippen LogP contribution is 2.35. The average Bonchev–Trinajstić information content (AvgIpc) is 2.51. The molecule has 0 aliphatic carbocycles. The molecule has 0 spiro atoms. The summed E-state index contributed by atoms with van der Waals surface area (Å²) in [6.45, 7) is 3.54. The van der Waals surface area contributed by atoms with E-state index >= 15 is 0 Å². The number of fused-ring (bicyclic) bond motifs is 4. The van der Waals surface area contributed by atoms with Gasteiger partial charge in [-0.3, -0.25) is 9.69 Å². The van der Waals surface area contributed by atoms with Crippen LogP contribution in [0.5, 0.6) is 5.75 Å². The number of benzene rings is 1. The van der Waals surface area contributed by atoms with Gasteiger partial charge in [-0.25, -0.2) is 0 Å². The molecule has 2 bridgehead atoms. The maximum atomic E-state index is 12.0. The number of phenolic OH excluding ortho intramolecular Hbond substituents is 1. The normalized spacial score (nSPS) is 24.0. The van der Waals surface area contributed by atoms with E-state index in [1.165, 1.54) is 12.1 Å². The van der Waals surface area contributed by atoms with E-state index < -0.39 is 0 Å². The van der Waals surface area contributed by atoms with E-state index in [1.54, 1.807) is 12.1 Å². The van der Waals surface area contributed by atoms with E-state index in [9.17, 15) is 9.90 Å². The number of nitrogens with zero attached hydrogens (tertiary/aromatic N) is 2. The van der Waals surface area contributed by atoms with Crippen molar-refractivity contribution in [2.45, 2.75) is 25.4 Å². The smallest absolute Gasteiger partial charge is 0.250 e. The first-order valence-electron chi connectivity index (χ1n) is 7.89. The Morgan fingerprint density at radius 3 is 2.77 bits per heavy atom. The van der Waals surface area contributed by atoms with Crippen molar-refractivity contribution in [1.82, 2.24) is 9.47 Å². The second-order valence-corrected chi connectivity index (χ2v) is 6.52. The van der Waals surface area contributed by atoms with Crippen molar-refractivity contribution in [2.75, 3.05) is 13.1 Å². The quantitative estimate of drug-likeness (QED) is 0.924. The van der Waals surface area contributed by atoms with Crippen LogP contribution in [-0.4, -0.2) is 27.7 Å². The van der Waals surface area contributed by atoms with Crippen LogP contribution in [0.2, 0.25) is 0 Å².